The van der Waals surface area contributed by atoms with Crippen molar-refractivity contribution in [1.29, 1.82) is 0 Å². The minimum atomic E-state index is -1.01. The maximum Gasteiger partial charge on any atom is 0.129 e. The normalized spacial score (nSPS) is 14.1. The second-order valence-electron chi connectivity index (χ2n) is 3.89. The Labute approximate surface area is 91.1 Å². The molecule has 1 aromatic carbocycles. The number of benzene rings is 1. The Morgan fingerprint density at radius 1 is 1.50 bits per heavy atom. The van der Waals surface area contributed by atoms with Crippen LogP contribution in [0.1, 0.15) is 25.5 Å². The summed E-state index contributed by atoms with van der Waals surface area (Å²) < 4.78 is 14.0. The van der Waals surface area contributed by atoms with Gasteiger partial charge in [-0.15, -0.1) is 0 Å². The molecule has 3 N–H and O–H groups in total. The van der Waals surface area contributed by atoms with Crippen molar-refractivity contribution in [3.05, 3.63) is 34.1 Å². The molecule has 2 nitrogen and oxygen atoms in total. The summed E-state index contributed by atoms with van der Waals surface area (Å²) in [6.07, 6.45) is -1.01. The van der Waals surface area contributed by atoms with Crippen LogP contribution in [0.4, 0.5) is 4.39 Å². The molecule has 0 saturated carbocycles. The Hall–Kier alpha value is -0.450. The molecule has 0 heterocycles. The number of nitrogens with two attached hydrogens (primary N) is 1. The molecule has 0 saturated heterocycles. The smallest absolute Gasteiger partial charge is 0.129 e. The highest BCUT2D eigenvalue weighted by Crippen LogP contribution is 2.27. The molecule has 0 aliphatic heterocycles. The van der Waals surface area contributed by atoms with Crippen molar-refractivity contribution in [1.82, 2.24) is 0 Å². The molecule has 0 aromatic heterocycles. The highest BCUT2D eigenvalue weighted by molar-refractivity contribution is 9.10. The molecule has 0 fully saturated rings. The molecule has 1 unspecified atom stereocenters. The lowest BCUT2D eigenvalue weighted by Crippen LogP contribution is -2.39. The number of halogens is 2. The van der Waals surface area contributed by atoms with E-state index in [2.05, 4.69) is 15.9 Å². The summed E-state index contributed by atoms with van der Waals surface area (Å²) in [5.74, 6) is -0.445. The molecule has 1 rings (SSSR count). The Morgan fingerprint density at radius 2 is 2.07 bits per heavy atom. The van der Waals surface area contributed by atoms with Crippen molar-refractivity contribution < 1.29 is 9.50 Å². The van der Waals surface area contributed by atoms with Crippen LogP contribution in [0.2, 0.25) is 0 Å². The van der Waals surface area contributed by atoms with E-state index in [1.807, 2.05) is 0 Å². The molecular formula is C10H13BrFNO. The molecule has 78 valence electrons. The van der Waals surface area contributed by atoms with Gasteiger partial charge in [-0.2, -0.15) is 0 Å². The first-order valence-electron chi connectivity index (χ1n) is 4.24. The summed E-state index contributed by atoms with van der Waals surface area (Å²) in [6.45, 7) is 3.30. The van der Waals surface area contributed by atoms with Gasteiger partial charge in [-0.1, -0.05) is 15.9 Å². The van der Waals surface area contributed by atoms with Gasteiger partial charge in [0.2, 0.25) is 0 Å². The van der Waals surface area contributed by atoms with Crippen molar-refractivity contribution >= 4 is 15.9 Å². The molecule has 0 spiro atoms. The lowest BCUT2D eigenvalue weighted by molar-refractivity contribution is 0.101. The fraction of sp³-hybridized carbons (Fsp3) is 0.400. The largest absolute Gasteiger partial charge is 0.386 e. The number of aliphatic hydroxyl groups excluding tert-OH is 1. The van der Waals surface area contributed by atoms with Gasteiger partial charge in [0.15, 0.2) is 0 Å². The fourth-order valence-electron chi connectivity index (χ4n) is 1.12. The summed E-state index contributed by atoms with van der Waals surface area (Å²) in [5.41, 5.74) is 5.05. The van der Waals surface area contributed by atoms with Gasteiger partial charge < -0.3 is 10.8 Å². The number of rotatable bonds is 2. The molecule has 0 bridgehead atoms. The first-order chi connectivity index (χ1) is 6.32. The fourth-order valence-corrected chi connectivity index (χ4v) is 1.50. The van der Waals surface area contributed by atoms with Crippen LogP contribution in [-0.2, 0) is 0 Å². The van der Waals surface area contributed by atoms with Crippen LogP contribution in [0.5, 0.6) is 0 Å². The van der Waals surface area contributed by atoms with Crippen LogP contribution in [0.3, 0.4) is 0 Å². The van der Waals surface area contributed by atoms with Gasteiger partial charge in [0, 0.05) is 15.6 Å². The lowest BCUT2D eigenvalue weighted by Gasteiger charge is -2.26. The summed E-state index contributed by atoms with van der Waals surface area (Å²) in [6, 6.07) is 4.41. The van der Waals surface area contributed by atoms with Crippen LogP contribution < -0.4 is 5.73 Å². The van der Waals surface area contributed by atoms with Gasteiger partial charge in [-0.05, 0) is 32.0 Å². The third-order valence-electron chi connectivity index (χ3n) is 1.96. The second kappa shape index (κ2) is 3.96. The first kappa shape index (κ1) is 11.6. The van der Waals surface area contributed by atoms with Crippen molar-refractivity contribution in [2.24, 2.45) is 5.73 Å². The highest BCUT2D eigenvalue weighted by Gasteiger charge is 2.26. The SMILES string of the molecule is CC(C)(N)C(O)c1cc(Br)ccc1F. The van der Waals surface area contributed by atoms with Crippen molar-refractivity contribution in [2.75, 3.05) is 0 Å². The summed E-state index contributed by atoms with van der Waals surface area (Å²) in [7, 11) is 0. The van der Waals surface area contributed by atoms with Crippen molar-refractivity contribution in [3.8, 4) is 0 Å². The Morgan fingerprint density at radius 3 is 2.57 bits per heavy atom. The van der Waals surface area contributed by atoms with Gasteiger partial charge in [0.05, 0.1) is 6.10 Å². The lowest BCUT2D eigenvalue weighted by atomic mass is 9.92. The third-order valence-corrected chi connectivity index (χ3v) is 2.45. The standard InChI is InChI=1S/C10H13BrFNO/c1-10(2,13)9(14)7-5-6(11)3-4-8(7)12/h3-5,9,14H,13H2,1-2H3. The molecular weight excluding hydrogens is 249 g/mol. The molecule has 1 atom stereocenters. The highest BCUT2D eigenvalue weighted by atomic mass is 79.9. The zero-order chi connectivity index (χ0) is 10.9. The average Bonchev–Trinajstić information content (AvgIpc) is 2.06. The van der Waals surface area contributed by atoms with E-state index in [0.29, 0.717) is 0 Å². The number of aliphatic hydroxyl groups is 1. The van der Waals surface area contributed by atoms with E-state index in [-0.39, 0.29) is 5.56 Å². The topological polar surface area (TPSA) is 46.2 Å². The monoisotopic (exact) mass is 261 g/mol. The van der Waals surface area contributed by atoms with Crippen molar-refractivity contribution in [3.63, 3.8) is 0 Å². The quantitative estimate of drug-likeness (QED) is 0.859. The molecule has 0 aliphatic carbocycles. The molecule has 4 heteroatoms. The zero-order valence-corrected chi connectivity index (χ0v) is 9.68. The summed E-state index contributed by atoms with van der Waals surface area (Å²) in [4.78, 5) is 0. The molecule has 0 radical (unpaired) electrons. The van der Waals surface area contributed by atoms with E-state index in [1.54, 1.807) is 19.9 Å². The first-order valence-corrected chi connectivity index (χ1v) is 5.03. The van der Waals surface area contributed by atoms with Gasteiger partial charge in [0.25, 0.3) is 0 Å². The van der Waals surface area contributed by atoms with Gasteiger partial charge in [-0.3, -0.25) is 0 Å². The van der Waals surface area contributed by atoms with E-state index in [1.165, 1.54) is 12.1 Å². The minimum Gasteiger partial charge on any atom is -0.386 e. The average molecular weight is 262 g/mol. The molecule has 1 aromatic rings. The molecule has 0 amide bonds. The van der Waals surface area contributed by atoms with Crippen molar-refractivity contribution in [2.45, 2.75) is 25.5 Å². The molecule has 14 heavy (non-hydrogen) atoms. The number of hydrogen-bond acceptors (Lipinski definition) is 2. The predicted octanol–water partition coefficient (Wildman–Crippen LogP) is 2.36. The van der Waals surface area contributed by atoms with Crippen LogP contribution in [0.25, 0.3) is 0 Å². The van der Waals surface area contributed by atoms with E-state index in [0.717, 1.165) is 4.47 Å². The maximum atomic E-state index is 13.3. The van der Waals surface area contributed by atoms with Gasteiger partial charge >= 0.3 is 0 Å². The van der Waals surface area contributed by atoms with Crippen LogP contribution in [0, 0.1) is 5.82 Å². The maximum absolute atomic E-state index is 13.3. The van der Waals surface area contributed by atoms with E-state index in [9.17, 15) is 9.50 Å². The minimum absolute atomic E-state index is 0.215. The van der Waals surface area contributed by atoms with Crippen LogP contribution >= 0.6 is 15.9 Å². The summed E-state index contributed by atoms with van der Waals surface area (Å²) in [5, 5.41) is 9.78. The summed E-state index contributed by atoms with van der Waals surface area (Å²) >= 11 is 3.21. The Bertz CT molecular complexity index is 335. The second-order valence-corrected chi connectivity index (χ2v) is 4.81. The van der Waals surface area contributed by atoms with Crippen LogP contribution in [-0.4, -0.2) is 10.6 Å². The Kier molecular flexibility index (Phi) is 3.29. The predicted molar refractivity (Wildman–Crippen MR) is 57.3 cm³/mol. The Balaban J connectivity index is 3.12. The number of hydrogen-bond donors (Lipinski definition) is 2. The van der Waals surface area contributed by atoms with E-state index < -0.39 is 17.5 Å². The zero-order valence-electron chi connectivity index (χ0n) is 8.09. The van der Waals surface area contributed by atoms with E-state index >= 15 is 0 Å². The van der Waals surface area contributed by atoms with Crippen LogP contribution in [0.15, 0.2) is 22.7 Å². The molecule has 0 aliphatic rings. The van der Waals surface area contributed by atoms with E-state index in [4.69, 9.17) is 5.73 Å². The van der Waals surface area contributed by atoms with Gasteiger partial charge in [0.1, 0.15) is 5.82 Å². The van der Waals surface area contributed by atoms with Gasteiger partial charge in [-0.25, -0.2) is 4.39 Å². The third kappa shape index (κ3) is 2.53.